The fourth-order valence-electron chi connectivity index (χ4n) is 3.14. The zero-order valence-corrected chi connectivity index (χ0v) is 21.0. The predicted molar refractivity (Wildman–Crippen MR) is 127 cm³/mol. The summed E-state index contributed by atoms with van der Waals surface area (Å²) in [6.45, 7) is 15.3. The largest absolute Gasteiger partial charge is 0.444 e. The molecule has 0 aliphatic rings. The van der Waals surface area contributed by atoms with Crippen LogP contribution in [0.1, 0.15) is 85.4 Å². The van der Waals surface area contributed by atoms with E-state index in [0.29, 0.717) is 6.54 Å². The Kier molecular flexibility index (Phi) is 10.2. The van der Waals surface area contributed by atoms with Gasteiger partial charge in [0.05, 0.1) is 0 Å². The van der Waals surface area contributed by atoms with Crippen molar-refractivity contribution in [2.45, 2.75) is 91.8 Å². The van der Waals surface area contributed by atoms with Gasteiger partial charge < -0.3 is 20.3 Å². The Bertz CT molecular complexity index is 761. The van der Waals surface area contributed by atoms with Crippen molar-refractivity contribution in [1.29, 1.82) is 0 Å². The smallest absolute Gasteiger partial charge is 0.408 e. The van der Waals surface area contributed by atoms with Gasteiger partial charge in [-0.25, -0.2) is 4.79 Å². The van der Waals surface area contributed by atoms with Crippen LogP contribution in [0, 0.1) is 0 Å². The van der Waals surface area contributed by atoms with E-state index >= 15 is 0 Å². The molecule has 0 spiro atoms. The quantitative estimate of drug-likeness (QED) is 0.589. The molecule has 0 saturated carbocycles. The Morgan fingerprint density at radius 3 is 2.06 bits per heavy atom. The first-order valence-electron chi connectivity index (χ1n) is 11.4. The summed E-state index contributed by atoms with van der Waals surface area (Å²) in [4.78, 5) is 40.1. The lowest BCUT2D eigenvalue weighted by atomic mass is 9.99. The van der Waals surface area contributed by atoms with Crippen LogP contribution in [0.25, 0.3) is 0 Å². The molecule has 0 radical (unpaired) electrons. The van der Waals surface area contributed by atoms with Crippen LogP contribution in [-0.2, 0) is 20.7 Å². The maximum atomic E-state index is 13.3. The van der Waals surface area contributed by atoms with Gasteiger partial charge in [-0.05, 0) is 65.5 Å². The molecule has 0 fully saturated rings. The predicted octanol–water partition coefficient (Wildman–Crippen LogP) is 4.36. The molecular weight excluding hydrogens is 406 g/mol. The van der Waals surface area contributed by atoms with Crippen LogP contribution < -0.4 is 10.6 Å². The Hall–Kier alpha value is -2.57. The van der Waals surface area contributed by atoms with Gasteiger partial charge in [-0.1, -0.05) is 44.5 Å². The van der Waals surface area contributed by atoms with Crippen LogP contribution in [0.5, 0.6) is 0 Å². The zero-order valence-electron chi connectivity index (χ0n) is 21.0. The Morgan fingerprint density at radius 2 is 1.59 bits per heavy atom. The van der Waals surface area contributed by atoms with Gasteiger partial charge in [0.2, 0.25) is 11.8 Å². The fraction of sp³-hybridized carbons (Fsp3) is 0.640. The van der Waals surface area contributed by atoms with Gasteiger partial charge in [0.1, 0.15) is 18.2 Å². The molecule has 0 bridgehead atoms. The standard InChI is InChI=1S/C25H41N3O4/c1-9-11-16-28(20(29)17-26-23(31)32-25(6,7)8)21(22(30)27-24(3,4)5)19-14-12-18(10-2)13-15-19/h12-15,21H,9-11,16-17H2,1-8H3,(H,26,31)(H,27,30). The number of nitrogens with zero attached hydrogens (tertiary/aromatic N) is 1. The number of carbonyl (C=O) groups excluding carboxylic acids is 3. The van der Waals surface area contributed by atoms with Gasteiger partial charge in [0.15, 0.2) is 0 Å². The lowest BCUT2D eigenvalue weighted by molar-refractivity contribution is -0.141. The third-order valence-electron chi connectivity index (χ3n) is 4.62. The molecule has 1 aromatic carbocycles. The van der Waals surface area contributed by atoms with E-state index < -0.39 is 23.3 Å². The third-order valence-corrected chi connectivity index (χ3v) is 4.62. The van der Waals surface area contributed by atoms with Crippen molar-refractivity contribution in [1.82, 2.24) is 15.5 Å². The van der Waals surface area contributed by atoms with Crippen molar-refractivity contribution in [3.63, 3.8) is 0 Å². The first-order valence-corrected chi connectivity index (χ1v) is 11.4. The van der Waals surface area contributed by atoms with E-state index in [-0.39, 0.29) is 18.4 Å². The number of carbonyl (C=O) groups is 3. The number of ether oxygens (including phenoxy) is 1. The van der Waals surface area contributed by atoms with Gasteiger partial charge in [0, 0.05) is 12.1 Å². The lowest BCUT2D eigenvalue weighted by Crippen LogP contribution is -2.51. The maximum absolute atomic E-state index is 13.3. The average Bonchev–Trinajstić information content (AvgIpc) is 2.66. The summed E-state index contributed by atoms with van der Waals surface area (Å²) in [7, 11) is 0. The van der Waals surface area contributed by atoms with E-state index in [9.17, 15) is 14.4 Å². The van der Waals surface area contributed by atoms with Crippen molar-refractivity contribution >= 4 is 17.9 Å². The summed E-state index contributed by atoms with van der Waals surface area (Å²) in [6.07, 6.45) is 1.83. The normalized spacial score (nSPS) is 12.6. The number of benzene rings is 1. The SMILES string of the molecule is CCCCN(C(=O)CNC(=O)OC(C)(C)C)C(C(=O)NC(C)(C)C)c1ccc(CC)cc1. The second-order valence-corrected chi connectivity index (χ2v) is 10.0. The van der Waals surface area contributed by atoms with E-state index in [1.165, 1.54) is 0 Å². The van der Waals surface area contributed by atoms with E-state index in [1.807, 2.05) is 52.0 Å². The van der Waals surface area contributed by atoms with Gasteiger partial charge in [-0.3, -0.25) is 9.59 Å². The van der Waals surface area contributed by atoms with Crippen molar-refractivity contribution in [3.05, 3.63) is 35.4 Å². The number of amides is 3. The molecule has 0 aromatic heterocycles. The van der Waals surface area contributed by atoms with Gasteiger partial charge in [-0.2, -0.15) is 0 Å². The fourth-order valence-corrected chi connectivity index (χ4v) is 3.14. The number of unbranched alkanes of at least 4 members (excludes halogenated alkanes) is 1. The molecular formula is C25H41N3O4. The summed E-state index contributed by atoms with van der Waals surface area (Å²) in [5, 5.41) is 5.53. The third kappa shape index (κ3) is 9.71. The number of hydrogen-bond donors (Lipinski definition) is 2. The highest BCUT2D eigenvalue weighted by atomic mass is 16.6. The topological polar surface area (TPSA) is 87.7 Å². The van der Waals surface area contributed by atoms with E-state index in [4.69, 9.17) is 4.74 Å². The van der Waals surface area contributed by atoms with Gasteiger partial charge >= 0.3 is 6.09 Å². The highest BCUT2D eigenvalue weighted by Gasteiger charge is 2.33. The first-order chi connectivity index (χ1) is 14.8. The average molecular weight is 448 g/mol. The lowest BCUT2D eigenvalue weighted by Gasteiger charge is -2.34. The molecule has 7 nitrogen and oxygen atoms in total. The molecule has 7 heteroatoms. The maximum Gasteiger partial charge on any atom is 0.408 e. The summed E-state index contributed by atoms with van der Waals surface area (Å²) in [6, 6.07) is 6.97. The number of nitrogens with one attached hydrogen (secondary N) is 2. The number of rotatable bonds is 9. The second-order valence-electron chi connectivity index (χ2n) is 10.0. The van der Waals surface area contributed by atoms with Crippen molar-refractivity contribution in [2.24, 2.45) is 0 Å². The van der Waals surface area contributed by atoms with E-state index in [1.54, 1.807) is 25.7 Å². The molecule has 2 N–H and O–H groups in total. The van der Waals surface area contributed by atoms with Crippen molar-refractivity contribution in [2.75, 3.05) is 13.1 Å². The molecule has 1 atom stereocenters. The molecule has 32 heavy (non-hydrogen) atoms. The Morgan fingerprint density at radius 1 is 1.00 bits per heavy atom. The molecule has 0 aliphatic carbocycles. The van der Waals surface area contributed by atoms with E-state index in [2.05, 4.69) is 17.6 Å². The molecule has 1 aromatic rings. The molecule has 0 saturated heterocycles. The minimum atomic E-state index is -0.792. The van der Waals surface area contributed by atoms with Crippen LogP contribution in [0.15, 0.2) is 24.3 Å². The minimum Gasteiger partial charge on any atom is -0.444 e. The summed E-state index contributed by atoms with van der Waals surface area (Å²) >= 11 is 0. The first kappa shape index (κ1) is 27.5. The molecule has 1 rings (SSSR count). The van der Waals surface area contributed by atoms with E-state index in [0.717, 1.165) is 30.4 Å². The van der Waals surface area contributed by atoms with Crippen LogP contribution in [-0.4, -0.2) is 47.0 Å². The zero-order chi connectivity index (χ0) is 24.5. The van der Waals surface area contributed by atoms with Crippen LogP contribution in [0.3, 0.4) is 0 Å². The number of alkyl carbamates (subject to hydrolysis) is 1. The molecule has 0 heterocycles. The molecule has 180 valence electrons. The van der Waals surface area contributed by atoms with Crippen LogP contribution in [0.2, 0.25) is 0 Å². The summed E-state index contributed by atoms with van der Waals surface area (Å²) < 4.78 is 5.23. The number of aryl methyl sites for hydroxylation is 1. The van der Waals surface area contributed by atoms with Crippen molar-refractivity contribution < 1.29 is 19.1 Å². The Labute approximate surface area is 193 Å². The minimum absolute atomic E-state index is 0.245. The second kappa shape index (κ2) is 11.9. The molecule has 0 aliphatic heterocycles. The summed E-state index contributed by atoms with van der Waals surface area (Å²) in [5.74, 6) is -0.582. The number of hydrogen-bond acceptors (Lipinski definition) is 4. The van der Waals surface area contributed by atoms with Crippen LogP contribution >= 0.6 is 0 Å². The van der Waals surface area contributed by atoms with Crippen LogP contribution in [0.4, 0.5) is 4.79 Å². The molecule has 3 amide bonds. The molecule has 1 unspecified atom stereocenters. The monoisotopic (exact) mass is 447 g/mol. The Balaban J connectivity index is 3.21. The van der Waals surface area contributed by atoms with Gasteiger partial charge in [-0.15, -0.1) is 0 Å². The highest BCUT2D eigenvalue weighted by molar-refractivity contribution is 5.90. The highest BCUT2D eigenvalue weighted by Crippen LogP contribution is 2.24. The van der Waals surface area contributed by atoms with Gasteiger partial charge in [0.25, 0.3) is 0 Å². The van der Waals surface area contributed by atoms with Crippen molar-refractivity contribution in [3.8, 4) is 0 Å². The summed E-state index contributed by atoms with van der Waals surface area (Å²) in [5.41, 5.74) is 0.783.